The topological polar surface area (TPSA) is 127 Å². The molecule has 1 amide bonds. The normalized spacial score (nSPS) is 11.9. The fourth-order valence-electron chi connectivity index (χ4n) is 2.59. The molecule has 2 rings (SSSR count). The Bertz CT molecular complexity index is 1200. The summed E-state index contributed by atoms with van der Waals surface area (Å²) < 4.78 is 55.0. The first-order valence-electron chi connectivity index (χ1n) is 9.61. The molecule has 0 saturated carbocycles. The molecule has 0 bridgehead atoms. The highest BCUT2D eigenvalue weighted by Gasteiger charge is 2.20. The summed E-state index contributed by atoms with van der Waals surface area (Å²) in [5.41, 5.74) is 1.79. The summed E-state index contributed by atoms with van der Waals surface area (Å²) in [5, 5.41) is 2.50. The van der Waals surface area contributed by atoms with Gasteiger partial charge in [0, 0.05) is 19.8 Å². The van der Waals surface area contributed by atoms with Crippen LogP contribution in [0.3, 0.4) is 0 Å². The minimum absolute atomic E-state index is 0.00158. The van der Waals surface area contributed by atoms with Crippen LogP contribution in [0.4, 0.5) is 5.69 Å². The van der Waals surface area contributed by atoms with E-state index in [1.807, 2.05) is 6.92 Å². The summed E-state index contributed by atoms with van der Waals surface area (Å²) in [5.74, 6) is -1.96. The van der Waals surface area contributed by atoms with Crippen LogP contribution in [0.1, 0.15) is 17.5 Å². The van der Waals surface area contributed by atoms with E-state index in [0.29, 0.717) is 5.56 Å². The van der Waals surface area contributed by atoms with Crippen molar-refractivity contribution in [1.29, 1.82) is 0 Å². The number of carbonyl (C=O) groups is 2. The van der Waals surface area contributed by atoms with Crippen LogP contribution in [0.2, 0.25) is 0 Å². The van der Waals surface area contributed by atoms with Crippen molar-refractivity contribution in [1.82, 2.24) is 4.31 Å². The average molecular weight is 483 g/mol. The van der Waals surface area contributed by atoms with Crippen molar-refractivity contribution >= 4 is 37.4 Å². The number of aryl methyl sites for hydroxylation is 2. The van der Waals surface area contributed by atoms with Gasteiger partial charge < -0.3 is 10.1 Å². The SMILES string of the molecule is Cc1ccc(S(=O)(=O)CCC(=O)OCC(=O)Nc2cc(S(=O)(=O)N(C)C)ccc2C)cc1. The van der Waals surface area contributed by atoms with Crippen LogP contribution in [-0.4, -0.2) is 59.5 Å². The zero-order chi connectivity index (χ0) is 24.1. The summed E-state index contributed by atoms with van der Waals surface area (Å²) >= 11 is 0. The minimum atomic E-state index is -3.68. The number of ether oxygens (including phenoxy) is 1. The molecule has 0 unspecified atom stereocenters. The van der Waals surface area contributed by atoms with Crippen LogP contribution in [-0.2, 0) is 34.2 Å². The molecule has 9 nitrogen and oxygen atoms in total. The maximum Gasteiger partial charge on any atom is 0.307 e. The van der Waals surface area contributed by atoms with E-state index in [0.717, 1.165) is 9.87 Å². The number of benzene rings is 2. The number of anilines is 1. The van der Waals surface area contributed by atoms with Gasteiger partial charge in [-0.25, -0.2) is 21.1 Å². The molecular weight excluding hydrogens is 456 g/mol. The molecule has 0 aliphatic heterocycles. The van der Waals surface area contributed by atoms with Gasteiger partial charge in [0.25, 0.3) is 5.91 Å². The number of esters is 1. The molecule has 0 saturated heterocycles. The lowest BCUT2D eigenvalue weighted by atomic mass is 10.2. The van der Waals surface area contributed by atoms with Crippen LogP contribution in [0.25, 0.3) is 0 Å². The minimum Gasteiger partial charge on any atom is -0.456 e. The fourth-order valence-corrected chi connectivity index (χ4v) is 4.74. The lowest BCUT2D eigenvalue weighted by Crippen LogP contribution is -2.24. The molecule has 0 atom stereocenters. The van der Waals surface area contributed by atoms with E-state index < -0.39 is 50.5 Å². The first-order valence-corrected chi connectivity index (χ1v) is 12.7. The van der Waals surface area contributed by atoms with Crippen molar-refractivity contribution in [2.75, 3.05) is 31.8 Å². The van der Waals surface area contributed by atoms with Gasteiger partial charge in [-0.05, 0) is 43.7 Å². The Balaban J connectivity index is 1.93. The molecule has 0 fully saturated rings. The van der Waals surface area contributed by atoms with Crippen LogP contribution >= 0.6 is 0 Å². The van der Waals surface area contributed by atoms with Crippen molar-refractivity contribution < 1.29 is 31.2 Å². The van der Waals surface area contributed by atoms with E-state index >= 15 is 0 Å². The number of carbonyl (C=O) groups excluding carboxylic acids is 2. The van der Waals surface area contributed by atoms with Gasteiger partial charge >= 0.3 is 5.97 Å². The van der Waals surface area contributed by atoms with Crippen molar-refractivity contribution in [3.63, 3.8) is 0 Å². The van der Waals surface area contributed by atoms with Crippen molar-refractivity contribution in [2.24, 2.45) is 0 Å². The molecule has 0 aliphatic rings. The second-order valence-electron chi connectivity index (χ2n) is 7.35. The molecule has 32 heavy (non-hydrogen) atoms. The zero-order valence-electron chi connectivity index (χ0n) is 18.3. The van der Waals surface area contributed by atoms with Gasteiger partial charge in [0.2, 0.25) is 10.0 Å². The van der Waals surface area contributed by atoms with Gasteiger partial charge in [0.05, 0.1) is 22.0 Å². The standard InChI is InChI=1S/C21H26N2O7S2/c1-15-5-8-17(9-6-15)31(26,27)12-11-21(25)30-14-20(24)22-19-13-18(10-7-16(19)2)32(28,29)23(3)4/h5-10,13H,11-12,14H2,1-4H3,(H,22,24). The van der Waals surface area contributed by atoms with Crippen LogP contribution in [0.5, 0.6) is 0 Å². The first-order chi connectivity index (χ1) is 14.8. The Hall–Kier alpha value is -2.76. The van der Waals surface area contributed by atoms with Crippen LogP contribution in [0, 0.1) is 13.8 Å². The number of nitrogens with zero attached hydrogens (tertiary/aromatic N) is 1. The zero-order valence-corrected chi connectivity index (χ0v) is 19.9. The Labute approximate surface area is 188 Å². The summed E-state index contributed by atoms with van der Waals surface area (Å²) in [6.07, 6.45) is -0.404. The van der Waals surface area contributed by atoms with E-state index in [4.69, 9.17) is 4.74 Å². The Morgan fingerprint density at radius 3 is 2.12 bits per heavy atom. The number of amides is 1. The third kappa shape index (κ3) is 6.62. The number of nitrogens with one attached hydrogen (secondary N) is 1. The van der Waals surface area contributed by atoms with Gasteiger partial charge in [0.1, 0.15) is 0 Å². The van der Waals surface area contributed by atoms with Gasteiger partial charge in [-0.2, -0.15) is 0 Å². The summed E-state index contributed by atoms with van der Waals surface area (Å²) in [4.78, 5) is 24.2. The van der Waals surface area contributed by atoms with E-state index in [-0.39, 0.29) is 15.5 Å². The molecule has 0 aliphatic carbocycles. The molecule has 2 aromatic carbocycles. The number of hydrogen-bond donors (Lipinski definition) is 1. The smallest absolute Gasteiger partial charge is 0.307 e. The maximum atomic E-state index is 12.3. The Kier molecular flexibility index (Phi) is 8.16. The second-order valence-corrected chi connectivity index (χ2v) is 11.6. The summed E-state index contributed by atoms with van der Waals surface area (Å²) in [6, 6.07) is 10.6. The van der Waals surface area contributed by atoms with E-state index in [1.54, 1.807) is 25.1 Å². The van der Waals surface area contributed by atoms with Crippen molar-refractivity contribution in [2.45, 2.75) is 30.1 Å². The van der Waals surface area contributed by atoms with Gasteiger partial charge in [-0.15, -0.1) is 0 Å². The number of hydrogen-bond acceptors (Lipinski definition) is 7. The van der Waals surface area contributed by atoms with Gasteiger partial charge in [-0.1, -0.05) is 23.8 Å². The van der Waals surface area contributed by atoms with Crippen molar-refractivity contribution in [3.05, 3.63) is 53.6 Å². The lowest BCUT2D eigenvalue weighted by Gasteiger charge is -2.14. The van der Waals surface area contributed by atoms with Crippen LogP contribution in [0.15, 0.2) is 52.3 Å². The predicted molar refractivity (Wildman–Crippen MR) is 119 cm³/mol. The molecule has 0 spiro atoms. The molecule has 1 N–H and O–H groups in total. The van der Waals surface area contributed by atoms with E-state index in [2.05, 4.69) is 5.32 Å². The Morgan fingerprint density at radius 1 is 0.938 bits per heavy atom. The second kappa shape index (κ2) is 10.2. The number of sulfonamides is 1. The van der Waals surface area contributed by atoms with Gasteiger partial charge in [-0.3, -0.25) is 9.59 Å². The summed E-state index contributed by atoms with van der Waals surface area (Å²) in [7, 11) is -4.55. The third-order valence-electron chi connectivity index (χ3n) is 4.58. The average Bonchev–Trinajstić information content (AvgIpc) is 2.72. The largest absolute Gasteiger partial charge is 0.456 e. The van der Waals surface area contributed by atoms with E-state index in [9.17, 15) is 26.4 Å². The first kappa shape index (κ1) is 25.5. The molecule has 0 heterocycles. The summed E-state index contributed by atoms with van der Waals surface area (Å²) in [6.45, 7) is 2.88. The van der Waals surface area contributed by atoms with Crippen LogP contribution < -0.4 is 5.32 Å². The monoisotopic (exact) mass is 482 g/mol. The molecule has 174 valence electrons. The quantitative estimate of drug-likeness (QED) is 0.541. The highest BCUT2D eigenvalue weighted by molar-refractivity contribution is 7.91. The molecule has 2 aromatic rings. The number of rotatable bonds is 9. The lowest BCUT2D eigenvalue weighted by molar-refractivity contribution is -0.146. The number of sulfone groups is 1. The predicted octanol–water partition coefficient (Wildman–Crippen LogP) is 1.90. The highest BCUT2D eigenvalue weighted by atomic mass is 32.2. The third-order valence-corrected chi connectivity index (χ3v) is 8.12. The van der Waals surface area contributed by atoms with E-state index in [1.165, 1.54) is 38.4 Å². The Morgan fingerprint density at radius 2 is 1.53 bits per heavy atom. The highest BCUT2D eigenvalue weighted by Crippen LogP contribution is 2.22. The fraction of sp³-hybridized carbons (Fsp3) is 0.333. The van der Waals surface area contributed by atoms with Gasteiger partial charge in [0.15, 0.2) is 16.4 Å². The molecule has 0 radical (unpaired) electrons. The molecular formula is C21H26N2O7S2. The van der Waals surface area contributed by atoms with Crippen molar-refractivity contribution in [3.8, 4) is 0 Å². The maximum absolute atomic E-state index is 12.3. The molecule has 11 heteroatoms. The molecule has 0 aromatic heterocycles.